The number of benzene rings is 1. The van der Waals surface area contributed by atoms with Gasteiger partial charge >= 0.3 is 16.3 Å². The lowest BCUT2D eigenvalue weighted by atomic mass is 10.2. The van der Waals surface area contributed by atoms with Crippen molar-refractivity contribution in [3.8, 4) is 22.8 Å². The average molecular weight is 418 g/mol. The molecule has 0 aliphatic carbocycles. The molecule has 1 N–H and O–H groups in total. The van der Waals surface area contributed by atoms with E-state index in [9.17, 15) is 26.0 Å². The molecule has 0 aliphatic heterocycles. The third-order valence-electron chi connectivity index (χ3n) is 3.50. The molecule has 28 heavy (non-hydrogen) atoms. The SMILES string of the molecule is COc1ccc(-c2nc(C(F)(F)F)nn2-c2ccc(S(=O)(=O)O)nc2)cc1F. The van der Waals surface area contributed by atoms with Crippen LogP contribution in [0.4, 0.5) is 17.6 Å². The van der Waals surface area contributed by atoms with Crippen LogP contribution in [0.3, 0.4) is 0 Å². The van der Waals surface area contributed by atoms with Crippen LogP contribution in [-0.4, -0.2) is 39.8 Å². The highest BCUT2D eigenvalue weighted by Gasteiger charge is 2.37. The minimum Gasteiger partial charge on any atom is -0.494 e. The van der Waals surface area contributed by atoms with Crippen LogP contribution in [0, 0.1) is 5.82 Å². The maximum atomic E-state index is 14.0. The molecule has 0 saturated carbocycles. The molecule has 148 valence electrons. The number of hydrogen-bond acceptors (Lipinski definition) is 6. The normalized spacial score (nSPS) is 12.2. The fourth-order valence-electron chi connectivity index (χ4n) is 2.25. The Labute approximate surface area is 155 Å². The summed E-state index contributed by atoms with van der Waals surface area (Å²) in [6.07, 6.45) is -4.01. The molecule has 3 aromatic rings. The van der Waals surface area contributed by atoms with Crippen molar-refractivity contribution >= 4 is 10.1 Å². The van der Waals surface area contributed by atoms with Gasteiger partial charge in [-0.15, -0.1) is 5.10 Å². The second-order valence-corrected chi connectivity index (χ2v) is 6.72. The molecular weight excluding hydrogens is 408 g/mol. The second-order valence-electron chi connectivity index (χ2n) is 5.35. The van der Waals surface area contributed by atoms with E-state index in [2.05, 4.69) is 15.1 Å². The van der Waals surface area contributed by atoms with Crippen molar-refractivity contribution in [2.24, 2.45) is 0 Å². The van der Waals surface area contributed by atoms with Gasteiger partial charge in [0.05, 0.1) is 19.0 Å². The molecule has 2 heterocycles. The Morgan fingerprint density at radius 2 is 1.89 bits per heavy atom. The minimum atomic E-state index is -4.88. The summed E-state index contributed by atoms with van der Waals surface area (Å²) in [6, 6.07) is 5.34. The quantitative estimate of drug-likeness (QED) is 0.513. The van der Waals surface area contributed by atoms with E-state index in [-0.39, 0.29) is 22.8 Å². The van der Waals surface area contributed by atoms with Crippen molar-refractivity contribution in [2.45, 2.75) is 11.2 Å². The summed E-state index contributed by atoms with van der Waals surface area (Å²) in [4.78, 5) is 6.90. The van der Waals surface area contributed by atoms with E-state index in [0.29, 0.717) is 0 Å². The van der Waals surface area contributed by atoms with Crippen LogP contribution >= 0.6 is 0 Å². The number of hydrogen-bond donors (Lipinski definition) is 1. The van der Waals surface area contributed by atoms with Gasteiger partial charge in [0.1, 0.15) is 0 Å². The summed E-state index contributed by atoms with van der Waals surface area (Å²) < 4.78 is 89.8. The van der Waals surface area contributed by atoms with Gasteiger partial charge in [-0.2, -0.15) is 21.6 Å². The zero-order valence-corrected chi connectivity index (χ0v) is 14.7. The Hall–Kier alpha value is -3.06. The molecule has 0 atom stereocenters. The van der Waals surface area contributed by atoms with Gasteiger partial charge in [0.25, 0.3) is 5.82 Å². The van der Waals surface area contributed by atoms with Crippen LogP contribution in [0.1, 0.15) is 5.82 Å². The fourth-order valence-corrected chi connectivity index (χ4v) is 2.68. The van der Waals surface area contributed by atoms with Gasteiger partial charge < -0.3 is 4.74 Å². The molecular formula is C15H10F4N4O4S. The van der Waals surface area contributed by atoms with Crippen molar-refractivity contribution in [1.82, 2.24) is 19.7 Å². The fraction of sp³-hybridized carbons (Fsp3) is 0.133. The van der Waals surface area contributed by atoms with E-state index in [1.54, 1.807) is 0 Å². The first kappa shape index (κ1) is 19.7. The molecule has 8 nitrogen and oxygen atoms in total. The molecule has 0 bridgehead atoms. The Morgan fingerprint density at radius 1 is 1.18 bits per heavy atom. The molecule has 0 radical (unpaired) electrons. The smallest absolute Gasteiger partial charge is 0.453 e. The molecule has 13 heteroatoms. The van der Waals surface area contributed by atoms with Gasteiger partial charge in [-0.3, -0.25) is 4.55 Å². The summed E-state index contributed by atoms with van der Waals surface area (Å²) in [5, 5.41) is 2.66. The van der Waals surface area contributed by atoms with Crippen LogP contribution in [0.5, 0.6) is 5.75 Å². The number of aromatic nitrogens is 4. The standard InChI is InChI=1S/C15H10F4N4O4S/c1-27-11-4-2-8(6-10(11)16)13-21-14(15(17,18)19)22-23(13)9-3-5-12(20-7-9)28(24,25)26/h2-7H,1H3,(H,24,25,26). The van der Waals surface area contributed by atoms with Crippen LogP contribution < -0.4 is 4.74 Å². The number of halogens is 4. The molecule has 0 saturated heterocycles. The molecule has 1 aromatic carbocycles. The predicted octanol–water partition coefficient (Wildman–Crippen LogP) is 2.74. The lowest BCUT2D eigenvalue weighted by Crippen LogP contribution is -2.09. The molecule has 0 unspecified atom stereocenters. The molecule has 0 amide bonds. The van der Waals surface area contributed by atoms with Crippen molar-refractivity contribution in [3.05, 3.63) is 48.2 Å². The van der Waals surface area contributed by atoms with E-state index in [0.717, 1.165) is 29.1 Å². The molecule has 0 fully saturated rings. The highest BCUT2D eigenvalue weighted by atomic mass is 32.2. The number of rotatable bonds is 4. The van der Waals surface area contributed by atoms with Crippen LogP contribution in [0.25, 0.3) is 17.1 Å². The lowest BCUT2D eigenvalue weighted by molar-refractivity contribution is -0.144. The largest absolute Gasteiger partial charge is 0.494 e. The number of pyridine rings is 1. The predicted molar refractivity (Wildman–Crippen MR) is 85.9 cm³/mol. The van der Waals surface area contributed by atoms with Crippen molar-refractivity contribution in [1.29, 1.82) is 0 Å². The Morgan fingerprint density at radius 3 is 2.39 bits per heavy atom. The molecule has 0 spiro atoms. The minimum absolute atomic E-state index is 0.0415. The number of nitrogens with zero attached hydrogens (tertiary/aromatic N) is 4. The van der Waals surface area contributed by atoms with Crippen molar-refractivity contribution < 1.29 is 35.3 Å². The van der Waals surface area contributed by atoms with Gasteiger partial charge in [-0.1, -0.05) is 0 Å². The maximum Gasteiger partial charge on any atom is 0.453 e. The second kappa shape index (κ2) is 6.83. The van der Waals surface area contributed by atoms with E-state index in [1.807, 2.05) is 0 Å². The summed E-state index contributed by atoms with van der Waals surface area (Å²) in [6.45, 7) is 0. The summed E-state index contributed by atoms with van der Waals surface area (Å²) in [7, 11) is -3.37. The zero-order chi connectivity index (χ0) is 20.7. The number of ether oxygens (including phenoxy) is 1. The summed E-state index contributed by atoms with van der Waals surface area (Å²) in [5.74, 6) is -2.80. The zero-order valence-electron chi connectivity index (χ0n) is 13.8. The topological polar surface area (TPSA) is 107 Å². The third-order valence-corrected chi connectivity index (χ3v) is 4.27. The van der Waals surface area contributed by atoms with Gasteiger partial charge in [0.2, 0.25) is 0 Å². The molecule has 3 rings (SSSR count). The van der Waals surface area contributed by atoms with Crippen LogP contribution in [-0.2, 0) is 16.3 Å². The number of alkyl halides is 3. The summed E-state index contributed by atoms with van der Waals surface area (Å²) in [5.41, 5.74) is -0.137. The van der Waals surface area contributed by atoms with Gasteiger partial charge in [-0.05, 0) is 30.3 Å². The van der Waals surface area contributed by atoms with Gasteiger partial charge in [-0.25, -0.2) is 19.0 Å². The van der Waals surface area contributed by atoms with Crippen LogP contribution in [0.2, 0.25) is 0 Å². The van der Waals surface area contributed by atoms with E-state index in [4.69, 9.17) is 9.29 Å². The monoisotopic (exact) mass is 418 g/mol. The first-order valence-corrected chi connectivity index (χ1v) is 8.77. The highest BCUT2D eigenvalue weighted by Crippen LogP contribution is 2.31. The van der Waals surface area contributed by atoms with Crippen molar-refractivity contribution in [3.63, 3.8) is 0 Å². The molecule has 0 aliphatic rings. The molecule has 2 aromatic heterocycles. The lowest BCUT2D eigenvalue weighted by Gasteiger charge is -2.07. The summed E-state index contributed by atoms with van der Waals surface area (Å²) >= 11 is 0. The van der Waals surface area contributed by atoms with E-state index >= 15 is 0 Å². The first-order chi connectivity index (χ1) is 13.0. The Bertz CT molecular complexity index is 1130. The Kier molecular flexibility index (Phi) is 4.81. The Balaban J connectivity index is 2.18. The van der Waals surface area contributed by atoms with Crippen LogP contribution in [0.15, 0.2) is 41.6 Å². The average Bonchev–Trinajstić information content (AvgIpc) is 3.07. The van der Waals surface area contributed by atoms with E-state index < -0.39 is 33.0 Å². The van der Waals surface area contributed by atoms with Crippen molar-refractivity contribution in [2.75, 3.05) is 7.11 Å². The van der Waals surface area contributed by atoms with Gasteiger partial charge in [0.15, 0.2) is 22.4 Å². The van der Waals surface area contributed by atoms with E-state index in [1.165, 1.54) is 19.2 Å². The maximum absolute atomic E-state index is 14.0. The highest BCUT2D eigenvalue weighted by molar-refractivity contribution is 7.85. The first-order valence-electron chi connectivity index (χ1n) is 7.33. The third kappa shape index (κ3) is 3.80. The number of methoxy groups -OCH3 is 1. The van der Waals surface area contributed by atoms with Gasteiger partial charge in [0, 0.05) is 5.56 Å².